The number of hydrogen-bond donors (Lipinski definition) is 1. The van der Waals surface area contributed by atoms with Crippen molar-refractivity contribution in [2.75, 3.05) is 7.05 Å². The maximum atomic E-state index is 11.9. The average Bonchev–Trinajstić information content (AvgIpc) is 2.59. The minimum Gasteiger partial charge on any atom is -0.338 e. The van der Waals surface area contributed by atoms with E-state index in [2.05, 4.69) is 15.2 Å². The molecule has 0 bridgehead atoms. The zero-order chi connectivity index (χ0) is 13.1. The highest BCUT2D eigenvalue weighted by atomic mass is 19.4. The van der Waals surface area contributed by atoms with Crippen molar-refractivity contribution in [2.24, 2.45) is 0 Å². The molecule has 0 saturated heterocycles. The van der Waals surface area contributed by atoms with Gasteiger partial charge in [-0.2, -0.15) is 18.3 Å². The van der Waals surface area contributed by atoms with Crippen molar-refractivity contribution in [3.8, 4) is 0 Å². The SMILES string of the molecule is Cc1nc(CN(C)C(=O)CCC(F)(F)F)n[nH]1. The van der Waals surface area contributed by atoms with E-state index in [1.54, 1.807) is 6.92 Å². The van der Waals surface area contributed by atoms with E-state index >= 15 is 0 Å². The number of nitrogens with one attached hydrogen (secondary N) is 1. The van der Waals surface area contributed by atoms with Gasteiger partial charge in [-0.3, -0.25) is 9.89 Å². The van der Waals surface area contributed by atoms with Gasteiger partial charge in [0.15, 0.2) is 5.82 Å². The molecule has 1 aromatic rings. The molecule has 0 aliphatic carbocycles. The van der Waals surface area contributed by atoms with Crippen molar-refractivity contribution in [3.05, 3.63) is 11.6 Å². The minimum absolute atomic E-state index is 0.0982. The Bertz CT molecular complexity index is 388. The Balaban J connectivity index is 2.42. The van der Waals surface area contributed by atoms with Crippen molar-refractivity contribution >= 4 is 5.91 Å². The first-order valence-corrected chi connectivity index (χ1v) is 4.96. The van der Waals surface area contributed by atoms with Crippen molar-refractivity contribution in [2.45, 2.75) is 32.5 Å². The number of aromatic nitrogens is 3. The maximum absolute atomic E-state index is 11.9. The molecule has 0 aromatic carbocycles. The standard InChI is InChI=1S/C9H13F3N4O/c1-6-13-7(15-14-6)5-16(2)8(17)3-4-9(10,11)12/h3-5H2,1-2H3,(H,13,14,15). The third kappa shape index (κ3) is 4.83. The fourth-order valence-electron chi connectivity index (χ4n) is 1.20. The van der Waals surface area contributed by atoms with Gasteiger partial charge in [0.2, 0.25) is 5.91 Å². The highest BCUT2D eigenvalue weighted by Gasteiger charge is 2.28. The fraction of sp³-hybridized carbons (Fsp3) is 0.667. The first-order valence-electron chi connectivity index (χ1n) is 4.96. The van der Waals surface area contributed by atoms with Crippen LogP contribution in [-0.2, 0) is 11.3 Å². The topological polar surface area (TPSA) is 61.9 Å². The summed E-state index contributed by atoms with van der Waals surface area (Å²) >= 11 is 0. The first kappa shape index (κ1) is 13.5. The summed E-state index contributed by atoms with van der Waals surface area (Å²) in [5, 5.41) is 6.38. The van der Waals surface area contributed by atoms with Gasteiger partial charge in [0.1, 0.15) is 5.82 Å². The zero-order valence-electron chi connectivity index (χ0n) is 9.51. The van der Waals surface area contributed by atoms with E-state index in [1.807, 2.05) is 0 Å². The van der Waals surface area contributed by atoms with E-state index < -0.39 is 24.9 Å². The highest BCUT2D eigenvalue weighted by molar-refractivity contribution is 5.75. The van der Waals surface area contributed by atoms with Crippen LogP contribution < -0.4 is 0 Å². The second-order valence-electron chi connectivity index (χ2n) is 3.70. The molecule has 1 heterocycles. The molecule has 0 atom stereocenters. The monoisotopic (exact) mass is 250 g/mol. The summed E-state index contributed by atoms with van der Waals surface area (Å²) in [5.41, 5.74) is 0. The van der Waals surface area contributed by atoms with Crippen LogP contribution >= 0.6 is 0 Å². The van der Waals surface area contributed by atoms with Crippen molar-refractivity contribution in [1.82, 2.24) is 20.1 Å². The van der Waals surface area contributed by atoms with E-state index in [1.165, 1.54) is 11.9 Å². The van der Waals surface area contributed by atoms with Gasteiger partial charge in [0, 0.05) is 13.5 Å². The van der Waals surface area contributed by atoms with Gasteiger partial charge in [-0.05, 0) is 6.92 Å². The van der Waals surface area contributed by atoms with E-state index in [9.17, 15) is 18.0 Å². The van der Waals surface area contributed by atoms with Crippen molar-refractivity contribution in [1.29, 1.82) is 0 Å². The summed E-state index contributed by atoms with van der Waals surface area (Å²) in [6.45, 7) is 1.79. The van der Waals surface area contributed by atoms with Gasteiger partial charge in [-0.25, -0.2) is 4.98 Å². The highest BCUT2D eigenvalue weighted by Crippen LogP contribution is 2.21. The van der Waals surface area contributed by atoms with Crippen LogP contribution in [-0.4, -0.2) is 39.2 Å². The zero-order valence-corrected chi connectivity index (χ0v) is 9.51. The Morgan fingerprint density at radius 1 is 1.47 bits per heavy atom. The molecular weight excluding hydrogens is 237 g/mol. The Kier molecular flexibility index (Phi) is 4.08. The number of halogens is 3. The molecule has 0 unspecified atom stereocenters. The molecule has 8 heteroatoms. The molecule has 1 rings (SSSR count). The summed E-state index contributed by atoms with van der Waals surface area (Å²) in [7, 11) is 1.42. The fourth-order valence-corrected chi connectivity index (χ4v) is 1.20. The quantitative estimate of drug-likeness (QED) is 0.878. The molecule has 0 spiro atoms. The molecule has 0 aliphatic rings. The van der Waals surface area contributed by atoms with Gasteiger partial charge >= 0.3 is 6.18 Å². The number of H-pyrrole nitrogens is 1. The Morgan fingerprint density at radius 3 is 2.59 bits per heavy atom. The van der Waals surface area contributed by atoms with Gasteiger partial charge in [0.05, 0.1) is 13.0 Å². The number of carbonyl (C=O) groups excluding carboxylic acids is 1. The summed E-state index contributed by atoms with van der Waals surface area (Å²) < 4.78 is 35.7. The lowest BCUT2D eigenvalue weighted by molar-refractivity contribution is -0.148. The number of amides is 1. The van der Waals surface area contributed by atoms with Gasteiger partial charge < -0.3 is 4.90 Å². The predicted molar refractivity (Wildman–Crippen MR) is 52.9 cm³/mol. The van der Waals surface area contributed by atoms with Crippen LogP contribution in [0.2, 0.25) is 0 Å². The Labute approximate surface area is 96.0 Å². The van der Waals surface area contributed by atoms with E-state index in [0.717, 1.165) is 0 Å². The molecule has 1 N–H and O–H groups in total. The third-order valence-corrected chi connectivity index (χ3v) is 2.07. The largest absolute Gasteiger partial charge is 0.389 e. The lowest BCUT2D eigenvalue weighted by Gasteiger charge is -2.15. The number of hydrogen-bond acceptors (Lipinski definition) is 3. The maximum Gasteiger partial charge on any atom is 0.389 e. The van der Waals surface area contributed by atoms with E-state index in [4.69, 9.17) is 0 Å². The van der Waals surface area contributed by atoms with Crippen LogP contribution in [0.25, 0.3) is 0 Å². The Morgan fingerprint density at radius 2 is 2.12 bits per heavy atom. The summed E-state index contributed by atoms with van der Waals surface area (Å²) in [4.78, 5) is 16.5. The van der Waals surface area contributed by atoms with Crippen molar-refractivity contribution < 1.29 is 18.0 Å². The second-order valence-corrected chi connectivity index (χ2v) is 3.70. The van der Waals surface area contributed by atoms with Crippen LogP contribution in [0, 0.1) is 6.92 Å². The molecule has 1 aromatic heterocycles. The minimum atomic E-state index is -4.31. The second kappa shape index (κ2) is 5.15. The summed E-state index contributed by atoms with van der Waals surface area (Å²) in [6, 6.07) is 0. The van der Waals surface area contributed by atoms with Crippen LogP contribution in [0.3, 0.4) is 0 Å². The van der Waals surface area contributed by atoms with Gasteiger partial charge in [-0.1, -0.05) is 0 Å². The molecule has 17 heavy (non-hydrogen) atoms. The molecule has 96 valence electrons. The molecule has 0 fully saturated rings. The number of rotatable bonds is 4. The molecular formula is C9H13F3N4O. The average molecular weight is 250 g/mol. The van der Waals surface area contributed by atoms with Crippen LogP contribution in [0.4, 0.5) is 13.2 Å². The van der Waals surface area contributed by atoms with Crippen LogP contribution in [0.1, 0.15) is 24.5 Å². The number of alkyl halides is 3. The molecule has 0 saturated carbocycles. The first-order chi connectivity index (χ1) is 7.78. The summed E-state index contributed by atoms with van der Waals surface area (Å²) in [5.74, 6) is 0.395. The normalized spacial score (nSPS) is 11.6. The molecule has 5 nitrogen and oxygen atoms in total. The molecule has 0 aliphatic heterocycles. The van der Waals surface area contributed by atoms with Crippen LogP contribution in [0.5, 0.6) is 0 Å². The smallest absolute Gasteiger partial charge is 0.338 e. The number of aromatic amines is 1. The number of carbonyl (C=O) groups is 1. The Hall–Kier alpha value is -1.60. The van der Waals surface area contributed by atoms with Crippen molar-refractivity contribution in [3.63, 3.8) is 0 Å². The lowest BCUT2D eigenvalue weighted by atomic mass is 10.2. The predicted octanol–water partition coefficient (Wildman–Crippen LogP) is 1.41. The molecule has 1 amide bonds. The van der Waals surface area contributed by atoms with Crippen LogP contribution in [0.15, 0.2) is 0 Å². The number of nitrogens with zero attached hydrogens (tertiary/aromatic N) is 3. The van der Waals surface area contributed by atoms with E-state index in [-0.39, 0.29) is 6.54 Å². The summed E-state index contributed by atoms with van der Waals surface area (Å²) in [6.07, 6.45) is -5.97. The number of aryl methyl sites for hydroxylation is 1. The van der Waals surface area contributed by atoms with Gasteiger partial charge in [0.25, 0.3) is 0 Å². The van der Waals surface area contributed by atoms with E-state index in [0.29, 0.717) is 11.6 Å². The van der Waals surface area contributed by atoms with Gasteiger partial charge in [-0.15, -0.1) is 0 Å². The molecule has 0 radical (unpaired) electrons. The third-order valence-electron chi connectivity index (χ3n) is 2.07. The lowest BCUT2D eigenvalue weighted by Crippen LogP contribution is -2.27.